The minimum Gasteiger partial charge on any atom is -0.326 e. The van der Waals surface area contributed by atoms with E-state index in [1.165, 1.54) is 0 Å². The molecule has 5 heteroatoms. The van der Waals surface area contributed by atoms with Gasteiger partial charge < -0.3 is 11.1 Å². The molecule has 0 radical (unpaired) electrons. The summed E-state index contributed by atoms with van der Waals surface area (Å²) in [6.45, 7) is 0.418. The molecule has 0 heterocycles. The molecule has 1 aromatic rings. The maximum atomic E-state index is 10.7. The SMILES string of the molecule is N=NC(=O)Nc1cccc(CN)c1. The van der Waals surface area contributed by atoms with Gasteiger partial charge in [-0.25, -0.2) is 4.79 Å². The summed E-state index contributed by atoms with van der Waals surface area (Å²) in [5, 5.41) is 5.13. The molecule has 0 aliphatic heterocycles. The van der Waals surface area contributed by atoms with Crippen molar-refractivity contribution in [2.75, 3.05) is 5.32 Å². The smallest absolute Gasteiger partial charge is 0.326 e. The number of anilines is 1. The van der Waals surface area contributed by atoms with Crippen molar-refractivity contribution in [1.29, 1.82) is 5.53 Å². The number of hydrogen-bond acceptors (Lipinski definition) is 3. The maximum Gasteiger partial charge on any atom is 0.363 e. The third kappa shape index (κ3) is 2.64. The van der Waals surface area contributed by atoms with E-state index in [4.69, 9.17) is 11.3 Å². The van der Waals surface area contributed by atoms with Crippen LogP contribution in [-0.4, -0.2) is 6.03 Å². The van der Waals surface area contributed by atoms with Gasteiger partial charge in [-0.1, -0.05) is 17.2 Å². The van der Waals surface area contributed by atoms with E-state index in [9.17, 15) is 4.79 Å². The Kier molecular flexibility index (Phi) is 3.10. The monoisotopic (exact) mass is 178 g/mol. The number of nitrogens with one attached hydrogen (secondary N) is 2. The van der Waals surface area contributed by atoms with Crippen LogP contribution in [0, 0.1) is 5.53 Å². The fraction of sp³-hybridized carbons (Fsp3) is 0.125. The second-order valence-corrected chi connectivity index (χ2v) is 2.45. The summed E-state index contributed by atoms with van der Waals surface area (Å²) in [5.74, 6) is 0. The van der Waals surface area contributed by atoms with Crippen molar-refractivity contribution in [3.63, 3.8) is 0 Å². The Hall–Kier alpha value is -1.75. The number of carbonyl (C=O) groups is 1. The molecule has 68 valence electrons. The quantitative estimate of drug-likeness (QED) is 0.601. The Morgan fingerprint density at radius 2 is 2.38 bits per heavy atom. The molecule has 0 aromatic heterocycles. The van der Waals surface area contributed by atoms with Crippen LogP contribution in [0.15, 0.2) is 29.4 Å². The minimum absolute atomic E-state index is 0.418. The number of nitrogens with two attached hydrogens (primary N) is 1. The van der Waals surface area contributed by atoms with Gasteiger partial charge in [-0.3, -0.25) is 0 Å². The Balaban J connectivity index is 2.77. The van der Waals surface area contributed by atoms with Gasteiger partial charge in [0.25, 0.3) is 0 Å². The lowest BCUT2D eigenvalue weighted by Gasteiger charge is -2.02. The number of urea groups is 1. The topological polar surface area (TPSA) is 91.3 Å². The minimum atomic E-state index is -0.686. The number of rotatable bonds is 2. The number of carbonyl (C=O) groups excluding carboxylic acids is 1. The van der Waals surface area contributed by atoms with Crippen LogP contribution >= 0.6 is 0 Å². The van der Waals surface area contributed by atoms with Crippen molar-refractivity contribution in [3.8, 4) is 0 Å². The normalized spacial score (nSPS) is 9.31. The Morgan fingerprint density at radius 3 is 3.00 bits per heavy atom. The zero-order valence-electron chi connectivity index (χ0n) is 6.95. The first-order valence-electron chi connectivity index (χ1n) is 3.73. The molecule has 0 fully saturated rings. The Morgan fingerprint density at radius 1 is 1.62 bits per heavy atom. The molecule has 0 aliphatic rings. The Labute approximate surface area is 75.4 Å². The number of nitrogens with zero attached hydrogens (tertiary/aromatic N) is 1. The highest BCUT2D eigenvalue weighted by atomic mass is 16.2. The predicted molar refractivity (Wildman–Crippen MR) is 48.5 cm³/mol. The third-order valence-electron chi connectivity index (χ3n) is 1.52. The molecular weight excluding hydrogens is 168 g/mol. The largest absolute Gasteiger partial charge is 0.363 e. The van der Waals surface area contributed by atoms with Crippen molar-refractivity contribution in [2.24, 2.45) is 10.8 Å². The molecule has 0 aliphatic carbocycles. The van der Waals surface area contributed by atoms with Crippen LogP contribution in [0.3, 0.4) is 0 Å². The lowest BCUT2D eigenvalue weighted by Crippen LogP contribution is -2.05. The summed E-state index contributed by atoms with van der Waals surface area (Å²) in [7, 11) is 0. The van der Waals surface area contributed by atoms with Gasteiger partial charge in [-0.2, -0.15) is 5.53 Å². The van der Waals surface area contributed by atoms with Crippen LogP contribution in [0.25, 0.3) is 0 Å². The number of hydrogen-bond donors (Lipinski definition) is 3. The number of amides is 2. The molecule has 0 saturated carbocycles. The van der Waals surface area contributed by atoms with E-state index in [0.29, 0.717) is 12.2 Å². The Bertz CT molecular complexity index is 324. The van der Waals surface area contributed by atoms with E-state index in [0.717, 1.165) is 5.56 Å². The second-order valence-electron chi connectivity index (χ2n) is 2.45. The molecule has 0 saturated heterocycles. The predicted octanol–water partition coefficient (Wildman–Crippen LogP) is 1.71. The lowest BCUT2D eigenvalue weighted by atomic mass is 10.2. The summed E-state index contributed by atoms with van der Waals surface area (Å²) in [6.07, 6.45) is 0. The van der Waals surface area contributed by atoms with Crippen LogP contribution in [0.4, 0.5) is 10.5 Å². The van der Waals surface area contributed by atoms with Crippen LogP contribution in [0.5, 0.6) is 0 Å². The van der Waals surface area contributed by atoms with E-state index in [-0.39, 0.29) is 0 Å². The fourth-order valence-corrected chi connectivity index (χ4v) is 0.927. The average Bonchev–Trinajstić information content (AvgIpc) is 2.18. The highest BCUT2D eigenvalue weighted by molar-refractivity contribution is 5.89. The van der Waals surface area contributed by atoms with Gasteiger partial charge in [-0.15, -0.1) is 0 Å². The first-order valence-corrected chi connectivity index (χ1v) is 3.73. The van der Waals surface area contributed by atoms with E-state index < -0.39 is 6.03 Å². The van der Waals surface area contributed by atoms with Crippen LogP contribution < -0.4 is 11.1 Å². The van der Waals surface area contributed by atoms with Crippen LogP contribution in [0.1, 0.15) is 5.56 Å². The molecule has 0 bridgehead atoms. The summed E-state index contributed by atoms with van der Waals surface area (Å²) in [5.41, 5.74) is 13.4. The average molecular weight is 178 g/mol. The molecular formula is C8H10N4O. The van der Waals surface area contributed by atoms with E-state index in [1.807, 2.05) is 6.07 Å². The van der Waals surface area contributed by atoms with Crippen molar-refractivity contribution in [1.82, 2.24) is 0 Å². The summed E-state index contributed by atoms with van der Waals surface area (Å²) in [4.78, 5) is 10.7. The van der Waals surface area contributed by atoms with Gasteiger partial charge in [0.15, 0.2) is 0 Å². The summed E-state index contributed by atoms with van der Waals surface area (Å²) < 4.78 is 0. The zero-order valence-corrected chi connectivity index (χ0v) is 6.95. The van der Waals surface area contributed by atoms with Gasteiger partial charge in [0.1, 0.15) is 0 Å². The highest BCUT2D eigenvalue weighted by Gasteiger charge is 1.98. The highest BCUT2D eigenvalue weighted by Crippen LogP contribution is 2.09. The second kappa shape index (κ2) is 4.32. The molecule has 1 rings (SSSR count). The van der Waals surface area contributed by atoms with Gasteiger partial charge in [0.05, 0.1) is 0 Å². The molecule has 2 amide bonds. The van der Waals surface area contributed by atoms with E-state index in [2.05, 4.69) is 10.4 Å². The van der Waals surface area contributed by atoms with Crippen LogP contribution in [-0.2, 0) is 6.54 Å². The molecule has 4 N–H and O–H groups in total. The van der Waals surface area contributed by atoms with Crippen molar-refractivity contribution in [2.45, 2.75) is 6.54 Å². The lowest BCUT2D eigenvalue weighted by molar-refractivity contribution is 0.258. The van der Waals surface area contributed by atoms with Crippen molar-refractivity contribution >= 4 is 11.7 Å². The van der Waals surface area contributed by atoms with E-state index >= 15 is 0 Å². The fourth-order valence-electron chi connectivity index (χ4n) is 0.927. The molecule has 5 nitrogen and oxygen atoms in total. The van der Waals surface area contributed by atoms with Crippen molar-refractivity contribution < 1.29 is 4.79 Å². The third-order valence-corrected chi connectivity index (χ3v) is 1.52. The maximum absolute atomic E-state index is 10.7. The molecule has 0 unspecified atom stereocenters. The number of benzene rings is 1. The van der Waals surface area contributed by atoms with Gasteiger partial charge >= 0.3 is 6.03 Å². The summed E-state index contributed by atoms with van der Waals surface area (Å²) in [6, 6.07) is 6.40. The van der Waals surface area contributed by atoms with Crippen molar-refractivity contribution in [3.05, 3.63) is 29.8 Å². The molecule has 0 spiro atoms. The zero-order chi connectivity index (χ0) is 9.68. The van der Waals surface area contributed by atoms with Gasteiger partial charge in [0, 0.05) is 12.2 Å². The van der Waals surface area contributed by atoms with Crippen LogP contribution in [0.2, 0.25) is 0 Å². The van der Waals surface area contributed by atoms with E-state index in [1.54, 1.807) is 18.2 Å². The standard InChI is InChI=1S/C8H10N4O/c9-5-6-2-1-3-7(4-6)11-8(13)12-10/h1-4,10H,5,9H2,(H,11,13). The van der Waals surface area contributed by atoms with Gasteiger partial charge in [-0.05, 0) is 17.7 Å². The van der Waals surface area contributed by atoms with Gasteiger partial charge in [0.2, 0.25) is 0 Å². The summed E-state index contributed by atoms with van der Waals surface area (Å²) >= 11 is 0. The molecule has 0 atom stereocenters. The first kappa shape index (κ1) is 9.34. The molecule has 1 aromatic carbocycles. The molecule has 13 heavy (non-hydrogen) atoms. The first-order chi connectivity index (χ1) is 6.26.